The minimum atomic E-state index is -0.134. The van der Waals surface area contributed by atoms with Gasteiger partial charge in [-0.2, -0.15) is 0 Å². The molecule has 33 heavy (non-hydrogen) atoms. The third-order valence-corrected chi connectivity index (χ3v) is 7.07. The summed E-state index contributed by atoms with van der Waals surface area (Å²) in [6, 6.07) is 15.9. The first-order valence-electron chi connectivity index (χ1n) is 10.6. The number of thiazole rings is 1. The van der Waals surface area contributed by atoms with E-state index in [0.29, 0.717) is 16.1 Å². The van der Waals surface area contributed by atoms with Gasteiger partial charge in [0.2, 0.25) is 5.91 Å². The molecule has 0 atom stereocenters. The highest BCUT2D eigenvalue weighted by atomic mass is 35.5. The lowest BCUT2D eigenvalue weighted by Gasteiger charge is -2.09. The van der Waals surface area contributed by atoms with Crippen LogP contribution in [0.2, 0.25) is 5.02 Å². The van der Waals surface area contributed by atoms with E-state index < -0.39 is 0 Å². The van der Waals surface area contributed by atoms with E-state index in [1.807, 2.05) is 41.1 Å². The van der Waals surface area contributed by atoms with E-state index in [-0.39, 0.29) is 11.7 Å². The third-order valence-electron chi connectivity index (χ3n) is 5.09. The summed E-state index contributed by atoms with van der Waals surface area (Å²) in [5.41, 5.74) is 4.06. The average Bonchev–Trinajstić information content (AvgIpc) is 3.45. The fourth-order valence-electron chi connectivity index (χ4n) is 3.28. The molecule has 0 aliphatic carbocycles. The Morgan fingerprint density at radius 1 is 1.09 bits per heavy atom. The van der Waals surface area contributed by atoms with Crippen molar-refractivity contribution in [1.82, 2.24) is 19.7 Å². The predicted octanol–water partition coefficient (Wildman–Crippen LogP) is 6.60. The number of nitrogens with zero attached hydrogens (tertiary/aromatic N) is 4. The lowest BCUT2D eigenvalue weighted by atomic mass is 10.0. The quantitative estimate of drug-likeness (QED) is 0.278. The van der Waals surface area contributed by atoms with Gasteiger partial charge in [-0.1, -0.05) is 73.6 Å². The van der Waals surface area contributed by atoms with Gasteiger partial charge in [-0.25, -0.2) is 4.98 Å². The van der Waals surface area contributed by atoms with Crippen molar-refractivity contribution in [3.05, 3.63) is 64.5 Å². The molecular formula is C24H24ClN5OS2. The van der Waals surface area contributed by atoms with Crippen molar-refractivity contribution in [3.8, 4) is 22.6 Å². The molecule has 170 valence electrons. The van der Waals surface area contributed by atoms with Crippen LogP contribution in [-0.2, 0) is 11.3 Å². The molecule has 4 rings (SSSR count). The fourth-order valence-corrected chi connectivity index (χ4v) is 4.95. The van der Waals surface area contributed by atoms with E-state index in [4.69, 9.17) is 11.6 Å². The molecule has 2 aromatic heterocycles. The molecule has 2 heterocycles. The van der Waals surface area contributed by atoms with Gasteiger partial charge in [0, 0.05) is 28.1 Å². The summed E-state index contributed by atoms with van der Waals surface area (Å²) in [6.45, 7) is 7.11. The summed E-state index contributed by atoms with van der Waals surface area (Å²) in [6.07, 6.45) is 0. The van der Waals surface area contributed by atoms with E-state index in [0.717, 1.165) is 34.3 Å². The molecule has 0 aliphatic rings. The molecule has 1 N–H and O–H groups in total. The van der Waals surface area contributed by atoms with Crippen molar-refractivity contribution in [3.63, 3.8) is 0 Å². The standard InChI is InChI=1S/C24H24ClN5OS2/c1-4-30-22(18-7-5-16(6-8-18)15(2)3)28-29-24(30)33-14-21(31)27-23-26-20(13-32-23)17-9-11-19(25)12-10-17/h5-13,15H,4,14H2,1-3H3,(H,26,27,31). The number of halogens is 1. The number of carbonyl (C=O) groups excluding carboxylic acids is 1. The van der Waals surface area contributed by atoms with Crippen molar-refractivity contribution in [2.24, 2.45) is 0 Å². The van der Waals surface area contributed by atoms with E-state index in [2.05, 4.69) is 58.6 Å². The predicted molar refractivity (Wildman–Crippen MR) is 137 cm³/mol. The van der Waals surface area contributed by atoms with E-state index in [1.54, 1.807) is 0 Å². The monoisotopic (exact) mass is 497 g/mol. The van der Waals surface area contributed by atoms with Crippen LogP contribution in [0.3, 0.4) is 0 Å². The molecule has 1 amide bonds. The van der Waals surface area contributed by atoms with Crippen LogP contribution < -0.4 is 5.32 Å². The molecule has 0 aliphatic heterocycles. The van der Waals surface area contributed by atoms with E-state index >= 15 is 0 Å². The van der Waals surface area contributed by atoms with Crippen LogP contribution in [0.25, 0.3) is 22.6 Å². The molecule has 0 bridgehead atoms. The summed E-state index contributed by atoms with van der Waals surface area (Å²) < 4.78 is 2.03. The number of nitrogens with one attached hydrogen (secondary N) is 1. The lowest BCUT2D eigenvalue weighted by molar-refractivity contribution is -0.113. The molecule has 0 saturated heterocycles. The number of benzene rings is 2. The summed E-state index contributed by atoms with van der Waals surface area (Å²) in [5, 5.41) is 15.4. The zero-order valence-corrected chi connectivity index (χ0v) is 21.0. The summed E-state index contributed by atoms with van der Waals surface area (Å²) in [4.78, 5) is 17.0. The molecule has 0 fully saturated rings. The Morgan fingerprint density at radius 3 is 2.45 bits per heavy atom. The van der Waals surface area contributed by atoms with Gasteiger partial charge in [-0.3, -0.25) is 4.79 Å². The topological polar surface area (TPSA) is 72.7 Å². The molecule has 6 nitrogen and oxygen atoms in total. The Bertz CT molecular complexity index is 1230. The van der Waals surface area contributed by atoms with Gasteiger partial charge in [-0.05, 0) is 30.5 Å². The molecule has 2 aromatic carbocycles. The van der Waals surface area contributed by atoms with E-state index in [9.17, 15) is 4.79 Å². The second kappa shape index (κ2) is 10.5. The first-order chi connectivity index (χ1) is 15.9. The summed E-state index contributed by atoms with van der Waals surface area (Å²) in [5.74, 6) is 1.38. The maximum absolute atomic E-state index is 12.5. The van der Waals surface area contributed by atoms with Crippen molar-refractivity contribution in [2.75, 3.05) is 11.1 Å². The molecule has 0 unspecified atom stereocenters. The van der Waals surface area contributed by atoms with Gasteiger partial charge in [0.15, 0.2) is 16.1 Å². The van der Waals surface area contributed by atoms with Gasteiger partial charge in [0.25, 0.3) is 0 Å². The summed E-state index contributed by atoms with van der Waals surface area (Å²) >= 11 is 8.70. The largest absolute Gasteiger partial charge is 0.302 e. The number of carbonyl (C=O) groups is 1. The minimum Gasteiger partial charge on any atom is -0.302 e. The normalized spacial score (nSPS) is 11.2. The van der Waals surface area contributed by atoms with Crippen LogP contribution in [0.15, 0.2) is 59.1 Å². The number of rotatable bonds is 8. The SMILES string of the molecule is CCn1c(SCC(=O)Nc2nc(-c3ccc(Cl)cc3)cs2)nnc1-c1ccc(C(C)C)cc1. The number of hydrogen-bond donors (Lipinski definition) is 1. The molecular weight excluding hydrogens is 474 g/mol. The highest BCUT2D eigenvalue weighted by Crippen LogP contribution is 2.28. The number of hydrogen-bond acceptors (Lipinski definition) is 6. The zero-order chi connectivity index (χ0) is 23.4. The Balaban J connectivity index is 1.39. The molecule has 0 saturated carbocycles. The Morgan fingerprint density at radius 2 is 1.79 bits per heavy atom. The fraction of sp³-hybridized carbons (Fsp3) is 0.250. The van der Waals surface area contributed by atoms with Crippen molar-refractivity contribution in [1.29, 1.82) is 0 Å². The van der Waals surface area contributed by atoms with Crippen LogP contribution in [-0.4, -0.2) is 31.4 Å². The van der Waals surface area contributed by atoms with Gasteiger partial charge in [-0.15, -0.1) is 21.5 Å². The molecule has 4 aromatic rings. The molecule has 9 heteroatoms. The molecule has 0 spiro atoms. The van der Waals surface area contributed by atoms with Crippen molar-refractivity contribution >= 4 is 45.7 Å². The Hall–Kier alpha value is -2.68. The first kappa shape index (κ1) is 23.5. The summed E-state index contributed by atoms with van der Waals surface area (Å²) in [7, 11) is 0. The van der Waals surface area contributed by atoms with E-state index in [1.165, 1.54) is 28.7 Å². The second-order valence-corrected chi connectivity index (χ2v) is 9.95. The van der Waals surface area contributed by atoms with Crippen LogP contribution >= 0.6 is 34.7 Å². The zero-order valence-electron chi connectivity index (χ0n) is 18.6. The number of amides is 1. The highest BCUT2D eigenvalue weighted by Gasteiger charge is 2.16. The maximum atomic E-state index is 12.5. The van der Waals surface area contributed by atoms with Crippen molar-refractivity contribution in [2.45, 2.75) is 38.4 Å². The van der Waals surface area contributed by atoms with Crippen LogP contribution in [0.1, 0.15) is 32.3 Å². The van der Waals surface area contributed by atoms with Crippen LogP contribution in [0.5, 0.6) is 0 Å². The number of thioether (sulfide) groups is 1. The number of aromatic nitrogens is 4. The average molecular weight is 498 g/mol. The van der Waals surface area contributed by atoms with Gasteiger partial charge in [0.1, 0.15) is 0 Å². The minimum absolute atomic E-state index is 0.134. The number of anilines is 1. The van der Waals surface area contributed by atoms with Crippen molar-refractivity contribution < 1.29 is 4.79 Å². The van der Waals surface area contributed by atoms with Gasteiger partial charge in [0.05, 0.1) is 11.4 Å². The second-order valence-electron chi connectivity index (χ2n) is 7.71. The lowest BCUT2D eigenvalue weighted by Crippen LogP contribution is -2.14. The van der Waals surface area contributed by atoms with Crippen LogP contribution in [0.4, 0.5) is 5.13 Å². The maximum Gasteiger partial charge on any atom is 0.236 e. The smallest absolute Gasteiger partial charge is 0.236 e. The highest BCUT2D eigenvalue weighted by molar-refractivity contribution is 7.99. The van der Waals surface area contributed by atoms with Crippen LogP contribution in [0, 0.1) is 0 Å². The molecule has 0 radical (unpaired) electrons. The first-order valence-corrected chi connectivity index (χ1v) is 12.9. The Kier molecular flexibility index (Phi) is 7.47. The Labute approximate surface area is 206 Å². The van der Waals surface area contributed by atoms with Gasteiger partial charge >= 0.3 is 0 Å². The van der Waals surface area contributed by atoms with Gasteiger partial charge < -0.3 is 9.88 Å². The third kappa shape index (κ3) is 5.63.